The van der Waals surface area contributed by atoms with Crippen LogP contribution in [0.4, 0.5) is 9.18 Å². The summed E-state index contributed by atoms with van der Waals surface area (Å²) in [6.45, 7) is 6.71. The van der Waals surface area contributed by atoms with Gasteiger partial charge in [-0.15, -0.1) is 0 Å². The van der Waals surface area contributed by atoms with Crippen LogP contribution < -0.4 is 20.9 Å². The van der Waals surface area contributed by atoms with Crippen molar-refractivity contribution in [3.05, 3.63) is 30.1 Å². The Hall–Kier alpha value is -2.84. The summed E-state index contributed by atoms with van der Waals surface area (Å²) in [5, 5.41) is 2.43. The molecule has 1 rings (SSSR count). The standard InChI is InChI=1S/C17H24FN3O5/c1-11(25-13-7-5-12(18)6-8-13)15(23)21-20-14(22)9-10-19-16(24)26-17(2,3)4/h5-8,11H,9-10H2,1-4H3,(H,19,24)(H,20,22)(H,21,23)/t11-/m0/s1. The quantitative estimate of drug-likeness (QED) is 0.661. The molecule has 0 saturated heterocycles. The molecule has 0 aliphatic carbocycles. The number of alkyl carbamates (subject to hydrolysis) is 1. The Morgan fingerprint density at radius 2 is 1.73 bits per heavy atom. The number of benzene rings is 1. The predicted molar refractivity (Wildman–Crippen MR) is 91.6 cm³/mol. The molecule has 1 atom stereocenters. The van der Waals surface area contributed by atoms with Gasteiger partial charge in [-0.2, -0.15) is 0 Å². The number of hydrogen-bond acceptors (Lipinski definition) is 5. The fraction of sp³-hybridized carbons (Fsp3) is 0.471. The van der Waals surface area contributed by atoms with E-state index in [1.165, 1.54) is 31.2 Å². The van der Waals surface area contributed by atoms with Crippen molar-refractivity contribution in [1.29, 1.82) is 0 Å². The molecule has 3 N–H and O–H groups in total. The maximum absolute atomic E-state index is 12.8. The lowest BCUT2D eigenvalue weighted by Gasteiger charge is -2.19. The fourth-order valence-corrected chi connectivity index (χ4v) is 1.66. The van der Waals surface area contributed by atoms with Crippen molar-refractivity contribution in [3.63, 3.8) is 0 Å². The first-order valence-corrected chi connectivity index (χ1v) is 8.04. The molecule has 0 radical (unpaired) electrons. The van der Waals surface area contributed by atoms with Crippen molar-refractivity contribution in [3.8, 4) is 5.75 Å². The average Bonchev–Trinajstić information content (AvgIpc) is 2.53. The zero-order chi connectivity index (χ0) is 19.7. The molecule has 9 heteroatoms. The van der Waals surface area contributed by atoms with Crippen LogP contribution in [-0.4, -0.2) is 36.2 Å². The van der Waals surface area contributed by atoms with Crippen molar-refractivity contribution in [2.75, 3.05) is 6.54 Å². The summed E-state index contributed by atoms with van der Waals surface area (Å²) in [7, 11) is 0. The molecule has 1 aromatic rings. The molecule has 0 aliphatic rings. The van der Waals surface area contributed by atoms with E-state index in [0.717, 1.165) is 0 Å². The van der Waals surface area contributed by atoms with Gasteiger partial charge in [0.15, 0.2) is 6.10 Å². The summed E-state index contributed by atoms with van der Waals surface area (Å²) >= 11 is 0. The Balaban J connectivity index is 2.25. The van der Waals surface area contributed by atoms with Crippen molar-refractivity contribution >= 4 is 17.9 Å². The van der Waals surface area contributed by atoms with Gasteiger partial charge >= 0.3 is 6.09 Å². The number of nitrogens with one attached hydrogen (secondary N) is 3. The highest BCUT2D eigenvalue weighted by Crippen LogP contribution is 2.12. The molecule has 3 amide bonds. The molecule has 0 aliphatic heterocycles. The van der Waals surface area contributed by atoms with Crippen LogP contribution >= 0.6 is 0 Å². The van der Waals surface area contributed by atoms with Crippen molar-refractivity contribution in [1.82, 2.24) is 16.2 Å². The molecule has 0 aromatic heterocycles. The van der Waals surface area contributed by atoms with Crippen molar-refractivity contribution in [2.24, 2.45) is 0 Å². The molecule has 1 aromatic carbocycles. The first-order valence-electron chi connectivity index (χ1n) is 8.04. The Morgan fingerprint density at radius 1 is 1.12 bits per heavy atom. The van der Waals surface area contributed by atoms with Crippen molar-refractivity contribution in [2.45, 2.75) is 45.8 Å². The normalized spacial score (nSPS) is 11.9. The highest BCUT2D eigenvalue weighted by molar-refractivity contribution is 5.84. The minimum atomic E-state index is -0.902. The number of hydrazine groups is 1. The summed E-state index contributed by atoms with van der Waals surface area (Å²) < 4.78 is 23.1. The summed E-state index contributed by atoms with van der Waals surface area (Å²) in [6.07, 6.45) is -1.58. The van der Waals surface area contributed by atoms with E-state index in [2.05, 4.69) is 16.2 Å². The predicted octanol–water partition coefficient (Wildman–Crippen LogP) is 1.66. The van der Waals surface area contributed by atoms with E-state index in [1.807, 2.05) is 0 Å². The molecule has 0 spiro atoms. The molecule has 0 heterocycles. The van der Waals surface area contributed by atoms with Gasteiger partial charge in [-0.25, -0.2) is 9.18 Å². The third-order valence-corrected chi connectivity index (χ3v) is 2.84. The largest absolute Gasteiger partial charge is 0.481 e. The van der Waals surface area contributed by atoms with Gasteiger partial charge in [0.05, 0.1) is 0 Å². The van der Waals surface area contributed by atoms with E-state index >= 15 is 0 Å². The number of amides is 3. The second-order valence-electron chi connectivity index (χ2n) is 6.43. The number of hydrogen-bond donors (Lipinski definition) is 3. The van der Waals surface area contributed by atoms with Gasteiger partial charge in [0, 0.05) is 13.0 Å². The molecule has 8 nitrogen and oxygen atoms in total. The van der Waals surface area contributed by atoms with E-state index in [-0.39, 0.29) is 13.0 Å². The lowest BCUT2D eigenvalue weighted by atomic mass is 10.2. The van der Waals surface area contributed by atoms with Gasteiger partial charge in [-0.1, -0.05) is 0 Å². The van der Waals surface area contributed by atoms with Crippen LogP contribution in [0.5, 0.6) is 5.75 Å². The maximum atomic E-state index is 12.8. The Labute approximate surface area is 151 Å². The molecule has 0 saturated carbocycles. The van der Waals surface area contributed by atoms with Gasteiger partial charge < -0.3 is 14.8 Å². The zero-order valence-corrected chi connectivity index (χ0v) is 15.2. The lowest BCUT2D eigenvalue weighted by Crippen LogP contribution is -2.47. The van der Waals surface area contributed by atoms with E-state index in [9.17, 15) is 18.8 Å². The number of rotatable bonds is 6. The van der Waals surface area contributed by atoms with Crippen LogP contribution in [0.2, 0.25) is 0 Å². The fourth-order valence-electron chi connectivity index (χ4n) is 1.66. The molecule has 0 unspecified atom stereocenters. The zero-order valence-electron chi connectivity index (χ0n) is 15.2. The van der Waals surface area contributed by atoms with Gasteiger partial charge in [-0.05, 0) is 52.0 Å². The Morgan fingerprint density at radius 3 is 2.31 bits per heavy atom. The van der Waals surface area contributed by atoms with Gasteiger partial charge in [0.1, 0.15) is 17.2 Å². The highest BCUT2D eigenvalue weighted by Gasteiger charge is 2.17. The SMILES string of the molecule is C[C@H](Oc1ccc(F)cc1)C(=O)NNC(=O)CCNC(=O)OC(C)(C)C. The molecule has 26 heavy (non-hydrogen) atoms. The van der Waals surface area contributed by atoms with E-state index in [4.69, 9.17) is 9.47 Å². The molecule has 0 fully saturated rings. The number of ether oxygens (including phenoxy) is 2. The summed E-state index contributed by atoms with van der Waals surface area (Å²) in [5.41, 5.74) is 3.79. The second-order valence-corrected chi connectivity index (χ2v) is 6.43. The van der Waals surface area contributed by atoms with Crippen LogP contribution in [0.1, 0.15) is 34.1 Å². The average molecular weight is 369 g/mol. The van der Waals surface area contributed by atoms with Gasteiger partial charge in [0.25, 0.3) is 5.91 Å². The molecule has 144 valence electrons. The topological polar surface area (TPSA) is 106 Å². The van der Waals surface area contributed by atoms with Crippen molar-refractivity contribution < 1.29 is 28.2 Å². The number of carbonyl (C=O) groups is 3. The first-order chi connectivity index (χ1) is 12.1. The van der Waals surface area contributed by atoms with Crippen LogP contribution in [0.25, 0.3) is 0 Å². The van der Waals surface area contributed by atoms with Crippen LogP contribution in [0.3, 0.4) is 0 Å². The number of halogens is 1. The molecular formula is C17H24FN3O5. The lowest BCUT2D eigenvalue weighted by molar-refractivity contribution is -0.132. The highest BCUT2D eigenvalue weighted by atomic mass is 19.1. The third kappa shape index (κ3) is 8.86. The van der Waals surface area contributed by atoms with Crippen LogP contribution in [0, 0.1) is 5.82 Å². The monoisotopic (exact) mass is 369 g/mol. The third-order valence-electron chi connectivity index (χ3n) is 2.84. The minimum absolute atomic E-state index is 0.0489. The second kappa shape index (κ2) is 9.59. The van der Waals surface area contributed by atoms with Gasteiger partial charge in [0.2, 0.25) is 5.91 Å². The van der Waals surface area contributed by atoms with E-state index in [1.54, 1.807) is 20.8 Å². The summed E-state index contributed by atoms with van der Waals surface area (Å²) in [5.74, 6) is -1.17. The summed E-state index contributed by atoms with van der Waals surface area (Å²) in [6, 6.07) is 5.19. The maximum Gasteiger partial charge on any atom is 0.407 e. The Kier molecular flexibility index (Phi) is 7.82. The van der Waals surface area contributed by atoms with E-state index in [0.29, 0.717) is 5.75 Å². The Bertz CT molecular complexity index is 628. The van der Waals surface area contributed by atoms with Crippen LogP contribution in [-0.2, 0) is 14.3 Å². The van der Waals surface area contributed by atoms with Crippen LogP contribution in [0.15, 0.2) is 24.3 Å². The first kappa shape index (κ1) is 21.2. The van der Waals surface area contributed by atoms with Gasteiger partial charge in [-0.3, -0.25) is 20.4 Å². The molecule has 0 bridgehead atoms. The molecular weight excluding hydrogens is 345 g/mol. The summed E-state index contributed by atoms with van der Waals surface area (Å²) in [4.78, 5) is 34.9. The smallest absolute Gasteiger partial charge is 0.407 e. The van der Waals surface area contributed by atoms with E-state index < -0.39 is 35.4 Å². The number of carbonyl (C=O) groups excluding carboxylic acids is 3. The minimum Gasteiger partial charge on any atom is -0.481 e.